The minimum atomic E-state index is -3.87. The van der Waals surface area contributed by atoms with Gasteiger partial charge in [0.25, 0.3) is 0 Å². The van der Waals surface area contributed by atoms with Gasteiger partial charge in [-0.15, -0.1) is 5.10 Å². The van der Waals surface area contributed by atoms with Gasteiger partial charge in [0, 0.05) is 18.5 Å². The van der Waals surface area contributed by atoms with Crippen molar-refractivity contribution in [3.63, 3.8) is 0 Å². The third-order valence-electron chi connectivity index (χ3n) is 4.87. The zero-order valence-corrected chi connectivity index (χ0v) is 18.6. The third-order valence-corrected chi connectivity index (χ3v) is 6.54. The molecule has 0 aliphatic heterocycles. The number of nitrogens with one attached hydrogen (secondary N) is 1. The van der Waals surface area contributed by atoms with Crippen LogP contribution in [0, 0.1) is 6.92 Å². The van der Waals surface area contributed by atoms with Crippen molar-refractivity contribution < 1.29 is 13.2 Å². The molecule has 0 atom stereocenters. The fourth-order valence-corrected chi connectivity index (χ4v) is 4.52. The molecule has 1 N–H and O–H groups in total. The van der Waals surface area contributed by atoms with Crippen LogP contribution in [0.25, 0.3) is 16.6 Å². The van der Waals surface area contributed by atoms with Crippen molar-refractivity contribution in [1.82, 2.24) is 19.8 Å². The summed E-state index contributed by atoms with van der Waals surface area (Å²) in [4.78, 5) is 4.78. The average Bonchev–Trinajstić information content (AvgIpc) is 3.18. The number of benzene rings is 2. The first kappa shape index (κ1) is 21.2. The minimum absolute atomic E-state index is 0.159. The molecular weight excluding hydrogens is 414 g/mol. The molecule has 162 valence electrons. The maximum absolute atomic E-state index is 13.2. The van der Waals surface area contributed by atoms with Crippen LogP contribution in [0.2, 0.25) is 0 Å². The normalized spacial score (nSPS) is 12.1. The number of nitrogens with zero attached hydrogens (tertiary/aromatic N) is 4. The van der Waals surface area contributed by atoms with E-state index in [-0.39, 0.29) is 21.7 Å². The van der Waals surface area contributed by atoms with Gasteiger partial charge in [-0.2, -0.15) is 4.52 Å². The maximum Gasteiger partial charge on any atom is 0.229 e. The summed E-state index contributed by atoms with van der Waals surface area (Å²) in [6.45, 7) is 7.17. The highest BCUT2D eigenvalue weighted by Gasteiger charge is 2.27. The molecule has 0 spiro atoms. The fraction of sp³-hybridized carbons (Fsp3) is 0.318. The van der Waals surface area contributed by atoms with Gasteiger partial charge in [-0.25, -0.2) is 13.4 Å². The van der Waals surface area contributed by atoms with Gasteiger partial charge >= 0.3 is 0 Å². The summed E-state index contributed by atoms with van der Waals surface area (Å²) in [5.41, 5.74) is 1.90. The Morgan fingerprint density at radius 2 is 1.84 bits per heavy atom. The molecule has 4 aromatic rings. The molecule has 4 rings (SSSR count). The van der Waals surface area contributed by atoms with E-state index in [2.05, 4.69) is 20.6 Å². The van der Waals surface area contributed by atoms with Crippen LogP contribution in [-0.4, -0.2) is 47.5 Å². The third kappa shape index (κ3) is 4.24. The first-order valence-corrected chi connectivity index (χ1v) is 11.7. The van der Waals surface area contributed by atoms with Crippen molar-refractivity contribution in [2.75, 3.05) is 18.5 Å². The second kappa shape index (κ2) is 8.60. The molecule has 8 nitrogen and oxygen atoms in total. The van der Waals surface area contributed by atoms with Crippen LogP contribution >= 0.6 is 0 Å². The van der Waals surface area contributed by atoms with E-state index in [4.69, 9.17) is 4.74 Å². The Kier molecular flexibility index (Phi) is 5.88. The van der Waals surface area contributed by atoms with Crippen LogP contribution in [0.15, 0.2) is 58.5 Å². The van der Waals surface area contributed by atoms with Crippen molar-refractivity contribution >= 4 is 32.2 Å². The van der Waals surface area contributed by atoms with Crippen molar-refractivity contribution in [2.45, 2.75) is 43.2 Å². The molecule has 0 aliphatic rings. The van der Waals surface area contributed by atoms with Crippen molar-refractivity contribution in [3.05, 3.63) is 54.1 Å². The Labute approximate surface area is 181 Å². The molecule has 2 aromatic carbocycles. The van der Waals surface area contributed by atoms with Gasteiger partial charge in [-0.05, 0) is 51.5 Å². The maximum atomic E-state index is 13.2. The molecule has 0 unspecified atom stereocenters. The summed E-state index contributed by atoms with van der Waals surface area (Å²) >= 11 is 0. The van der Waals surface area contributed by atoms with E-state index in [1.165, 1.54) is 4.52 Å². The van der Waals surface area contributed by atoms with Crippen LogP contribution in [0.5, 0.6) is 0 Å². The topological polar surface area (TPSA) is 98.5 Å². The Hall–Kier alpha value is -3.04. The lowest BCUT2D eigenvalue weighted by Gasteiger charge is -2.11. The molecule has 31 heavy (non-hydrogen) atoms. The van der Waals surface area contributed by atoms with Gasteiger partial charge in [-0.1, -0.05) is 35.0 Å². The highest BCUT2D eigenvalue weighted by molar-refractivity contribution is 7.91. The van der Waals surface area contributed by atoms with Crippen molar-refractivity contribution in [2.24, 2.45) is 0 Å². The van der Waals surface area contributed by atoms with Gasteiger partial charge in [0.2, 0.25) is 14.9 Å². The van der Waals surface area contributed by atoms with E-state index in [0.717, 1.165) is 22.9 Å². The number of hydrogen-bond acceptors (Lipinski definition) is 7. The molecule has 0 fully saturated rings. The van der Waals surface area contributed by atoms with Gasteiger partial charge in [-0.3, -0.25) is 0 Å². The zero-order chi connectivity index (χ0) is 22.0. The molecule has 0 aliphatic carbocycles. The smallest absolute Gasteiger partial charge is 0.229 e. The molecule has 0 radical (unpaired) electrons. The SMILES string of the molecule is Cc1ccc(S(=O)(=O)c2nnn3c2nc(NCCCOC(C)C)c2ccccc23)cc1. The van der Waals surface area contributed by atoms with E-state index in [1.807, 2.05) is 45.0 Å². The Balaban J connectivity index is 1.76. The number of fused-ring (bicyclic) bond motifs is 3. The number of aromatic nitrogens is 4. The molecule has 2 aromatic heterocycles. The number of aryl methyl sites for hydroxylation is 1. The van der Waals surface area contributed by atoms with E-state index in [1.54, 1.807) is 24.3 Å². The first-order valence-electron chi connectivity index (χ1n) is 10.2. The molecule has 0 saturated carbocycles. The Morgan fingerprint density at radius 1 is 1.10 bits per heavy atom. The Bertz CT molecular complexity index is 1310. The van der Waals surface area contributed by atoms with Crippen molar-refractivity contribution in [3.8, 4) is 0 Å². The van der Waals surface area contributed by atoms with Crippen LogP contribution in [0.1, 0.15) is 25.8 Å². The van der Waals surface area contributed by atoms with Gasteiger partial charge < -0.3 is 10.1 Å². The largest absolute Gasteiger partial charge is 0.379 e. The minimum Gasteiger partial charge on any atom is -0.379 e. The summed E-state index contributed by atoms with van der Waals surface area (Å²) in [5.74, 6) is 0.593. The highest BCUT2D eigenvalue weighted by Crippen LogP contribution is 2.28. The Morgan fingerprint density at radius 3 is 2.58 bits per heavy atom. The fourth-order valence-electron chi connectivity index (χ4n) is 3.28. The predicted octanol–water partition coefficient (Wildman–Crippen LogP) is 3.65. The van der Waals surface area contributed by atoms with Gasteiger partial charge in [0.15, 0.2) is 5.65 Å². The lowest BCUT2D eigenvalue weighted by Crippen LogP contribution is -2.11. The summed E-state index contributed by atoms with van der Waals surface area (Å²) in [6.07, 6.45) is 0.980. The van der Waals surface area contributed by atoms with Crippen LogP contribution in [0.4, 0.5) is 5.82 Å². The first-order chi connectivity index (χ1) is 14.9. The van der Waals surface area contributed by atoms with Gasteiger partial charge in [0.05, 0.1) is 16.5 Å². The monoisotopic (exact) mass is 439 g/mol. The molecule has 0 saturated heterocycles. The van der Waals surface area contributed by atoms with E-state index in [0.29, 0.717) is 19.0 Å². The number of hydrogen-bond donors (Lipinski definition) is 1. The standard InChI is InChI=1S/C22H25N5O3S/c1-15(2)30-14-6-13-23-20-18-7-4-5-8-19(18)27-21(24-20)22(25-26-27)31(28,29)17-11-9-16(3)10-12-17/h4-5,7-12,15H,6,13-14H2,1-3H3,(H,23,24). The number of rotatable bonds is 8. The van der Waals surface area contributed by atoms with E-state index >= 15 is 0 Å². The summed E-state index contributed by atoms with van der Waals surface area (Å²) in [7, 11) is -3.87. The average molecular weight is 440 g/mol. The summed E-state index contributed by atoms with van der Waals surface area (Å²) in [6, 6.07) is 14.2. The number of ether oxygens (including phenoxy) is 1. The number of sulfone groups is 1. The molecule has 0 amide bonds. The molecule has 2 heterocycles. The summed E-state index contributed by atoms with van der Waals surface area (Å²) in [5, 5.41) is 12.1. The second-order valence-electron chi connectivity index (χ2n) is 7.62. The zero-order valence-electron chi connectivity index (χ0n) is 17.7. The number of anilines is 1. The van der Waals surface area contributed by atoms with Crippen LogP contribution in [-0.2, 0) is 14.6 Å². The van der Waals surface area contributed by atoms with Gasteiger partial charge in [0.1, 0.15) is 5.82 Å². The lowest BCUT2D eigenvalue weighted by atomic mass is 10.2. The van der Waals surface area contributed by atoms with E-state index in [9.17, 15) is 8.42 Å². The lowest BCUT2D eigenvalue weighted by molar-refractivity contribution is 0.0787. The van der Waals surface area contributed by atoms with Crippen LogP contribution < -0.4 is 5.32 Å². The predicted molar refractivity (Wildman–Crippen MR) is 119 cm³/mol. The molecule has 9 heteroatoms. The molecule has 0 bridgehead atoms. The quantitative estimate of drug-likeness (QED) is 0.419. The van der Waals surface area contributed by atoms with E-state index < -0.39 is 9.84 Å². The highest BCUT2D eigenvalue weighted by atomic mass is 32.2. The summed E-state index contributed by atoms with van der Waals surface area (Å²) < 4.78 is 33.5. The van der Waals surface area contributed by atoms with Crippen LogP contribution in [0.3, 0.4) is 0 Å². The second-order valence-corrected chi connectivity index (χ2v) is 9.49. The molecular formula is C22H25N5O3S. The number of para-hydroxylation sites is 1. The van der Waals surface area contributed by atoms with Crippen molar-refractivity contribution in [1.29, 1.82) is 0 Å².